The van der Waals surface area contributed by atoms with E-state index in [9.17, 15) is 14.9 Å². The van der Waals surface area contributed by atoms with Crippen LogP contribution in [0.25, 0.3) is 0 Å². The van der Waals surface area contributed by atoms with Crippen LogP contribution in [-0.2, 0) is 4.74 Å². The van der Waals surface area contributed by atoms with Gasteiger partial charge in [-0.05, 0) is 31.4 Å². The van der Waals surface area contributed by atoms with Gasteiger partial charge in [0, 0.05) is 37.3 Å². The number of benzene rings is 1. The third-order valence-corrected chi connectivity index (χ3v) is 4.40. The minimum Gasteiger partial charge on any atom is -0.453 e. The highest BCUT2D eigenvalue weighted by atomic mass is 35.5. The molecular weight excluding hydrogens is 322 g/mol. The number of piperidine rings is 1. The zero-order valence-corrected chi connectivity index (χ0v) is 13.9. The van der Waals surface area contributed by atoms with Crippen LogP contribution in [0, 0.1) is 10.1 Å². The Morgan fingerprint density at radius 3 is 2.65 bits per heavy atom. The van der Waals surface area contributed by atoms with Gasteiger partial charge < -0.3 is 15.0 Å². The summed E-state index contributed by atoms with van der Waals surface area (Å²) in [5.41, 5.74) is 0.810. The molecular formula is C15H20ClN3O4. The maximum Gasteiger partial charge on any atom is 0.409 e. The van der Waals surface area contributed by atoms with Gasteiger partial charge in [-0.3, -0.25) is 10.1 Å². The van der Waals surface area contributed by atoms with E-state index in [-0.39, 0.29) is 23.9 Å². The van der Waals surface area contributed by atoms with Gasteiger partial charge in [0.25, 0.3) is 5.69 Å². The Bertz CT molecular complexity index is 588. The molecule has 1 amide bonds. The maximum absolute atomic E-state index is 11.5. The van der Waals surface area contributed by atoms with Crippen LogP contribution in [0.2, 0.25) is 5.02 Å². The molecule has 7 nitrogen and oxygen atoms in total. The summed E-state index contributed by atoms with van der Waals surface area (Å²) in [6, 6.07) is 4.74. The monoisotopic (exact) mass is 341 g/mol. The number of carbonyl (C=O) groups excluding carboxylic acids is 1. The van der Waals surface area contributed by atoms with Crippen molar-refractivity contribution >= 4 is 23.4 Å². The molecule has 1 aliphatic heterocycles. The second-order valence-corrected chi connectivity index (χ2v) is 5.99. The largest absolute Gasteiger partial charge is 0.453 e. The predicted molar refractivity (Wildman–Crippen MR) is 86.7 cm³/mol. The molecule has 1 saturated heterocycles. The van der Waals surface area contributed by atoms with Crippen LogP contribution >= 0.6 is 11.6 Å². The molecule has 0 radical (unpaired) electrons. The molecule has 0 spiro atoms. The average molecular weight is 342 g/mol. The van der Waals surface area contributed by atoms with E-state index in [2.05, 4.69) is 5.32 Å². The summed E-state index contributed by atoms with van der Waals surface area (Å²) in [6.45, 7) is 3.26. The summed E-state index contributed by atoms with van der Waals surface area (Å²) in [7, 11) is 1.38. The minimum atomic E-state index is -0.462. The highest BCUT2D eigenvalue weighted by Gasteiger charge is 2.25. The Morgan fingerprint density at radius 1 is 1.48 bits per heavy atom. The SMILES string of the molecule is COC(=O)N1CCC(NC(C)c2ccc([N+](=O)[O-])cc2Cl)CC1. The Morgan fingerprint density at radius 2 is 2.13 bits per heavy atom. The zero-order valence-electron chi connectivity index (χ0n) is 13.1. The Balaban J connectivity index is 1.94. The third-order valence-electron chi connectivity index (χ3n) is 4.07. The molecule has 0 aliphatic carbocycles. The van der Waals surface area contributed by atoms with Crippen LogP contribution in [-0.4, -0.2) is 42.2 Å². The van der Waals surface area contributed by atoms with Crippen LogP contribution in [0.15, 0.2) is 18.2 Å². The number of nitrogens with one attached hydrogen (secondary N) is 1. The van der Waals surface area contributed by atoms with E-state index in [1.54, 1.807) is 11.0 Å². The second kappa shape index (κ2) is 7.61. The first kappa shape index (κ1) is 17.5. The number of nitrogens with zero attached hydrogens (tertiary/aromatic N) is 2. The lowest BCUT2D eigenvalue weighted by molar-refractivity contribution is -0.384. The summed E-state index contributed by atoms with van der Waals surface area (Å²) < 4.78 is 4.72. The molecule has 1 aliphatic rings. The molecule has 1 unspecified atom stereocenters. The van der Waals surface area contributed by atoms with E-state index >= 15 is 0 Å². The Labute approximate surface area is 139 Å². The standard InChI is InChI=1S/C15H20ClN3O4/c1-10(13-4-3-12(19(21)22)9-14(13)16)17-11-5-7-18(8-6-11)15(20)23-2/h3-4,9-11,17H,5-8H2,1-2H3. The van der Waals surface area contributed by atoms with Crippen molar-refractivity contribution in [3.63, 3.8) is 0 Å². The van der Waals surface area contributed by atoms with Crippen molar-refractivity contribution in [2.24, 2.45) is 0 Å². The van der Waals surface area contributed by atoms with Gasteiger partial charge in [0.15, 0.2) is 0 Å². The van der Waals surface area contributed by atoms with E-state index in [1.807, 2.05) is 6.92 Å². The van der Waals surface area contributed by atoms with Gasteiger partial charge in [0.2, 0.25) is 0 Å². The van der Waals surface area contributed by atoms with Gasteiger partial charge in [0.05, 0.1) is 17.1 Å². The Kier molecular flexibility index (Phi) is 5.79. The first-order valence-electron chi connectivity index (χ1n) is 7.45. The number of hydrogen-bond donors (Lipinski definition) is 1. The molecule has 0 saturated carbocycles. The molecule has 1 heterocycles. The fraction of sp³-hybridized carbons (Fsp3) is 0.533. The number of carbonyl (C=O) groups is 1. The lowest BCUT2D eigenvalue weighted by atomic mass is 10.0. The molecule has 1 atom stereocenters. The number of nitro groups is 1. The molecule has 1 aromatic rings. The number of ether oxygens (including phenoxy) is 1. The normalized spacial score (nSPS) is 16.9. The lowest BCUT2D eigenvalue weighted by Gasteiger charge is -2.33. The number of likely N-dealkylation sites (tertiary alicyclic amines) is 1. The smallest absolute Gasteiger partial charge is 0.409 e. The van der Waals surface area contributed by atoms with E-state index in [0.29, 0.717) is 18.1 Å². The van der Waals surface area contributed by atoms with Gasteiger partial charge in [-0.15, -0.1) is 0 Å². The van der Waals surface area contributed by atoms with Crippen LogP contribution in [0.4, 0.5) is 10.5 Å². The van der Waals surface area contributed by atoms with Crippen molar-refractivity contribution in [3.05, 3.63) is 38.9 Å². The van der Waals surface area contributed by atoms with Gasteiger partial charge in [-0.25, -0.2) is 4.79 Å². The first-order chi connectivity index (χ1) is 10.9. The summed E-state index contributed by atoms with van der Waals surface area (Å²) in [5, 5.41) is 14.6. The maximum atomic E-state index is 11.5. The van der Waals surface area contributed by atoms with Crippen molar-refractivity contribution in [2.45, 2.75) is 31.8 Å². The quantitative estimate of drug-likeness (QED) is 0.671. The molecule has 1 aromatic carbocycles. The zero-order chi connectivity index (χ0) is 17.0. The summed E-state index contributed by atoms with van der Waals surface area (Å²) in [4.78, 5) is 23.4. The molecule has 1 N–H and O–H groups in total. The Hall–Kier alpha value is -1.86. The van der Waals surface area contributed by atoms with Crippen molar-refractivity contribution in [2.75, 3.05) is 20.2 Å². The van der Waals surface area contributed by atoms with E-state index in [1.165, 1.54) is 19.2 Å². The van der Waals surface area contributed by atoms with Crippen LogP contribution in [0.5, 0.6) is 0 Å². The first-order valence-corrected chi connectivity index (χ1v) is 7.83. The van der Waals surface area contributed by atoms with E-state index < -0.39 is 4.92 Å². The number of nitro benzene ring substituents is 1. The van der Waals surface area contributed by atoms with Crippen LogP contribution in [0.3, 0.4) is 0 Å². The van der Waals surface area contributed by atoms with Gasteiger partial charge in [-0.2, -0.15) is 0 Å². The third kappa shape index (κ3) is 4.33. The number of hydrogen-bond acceptors (Lipinski definition) is 5. The van der Waals surface area contributed by atoms with E-state index in [4.69, 9.17) is 16.3 Å². The molecule has 1 fully saturated rings. The van der Waals surface area contributed by atoms with Gasteiger partial charge >= 0.3 is 6.09 Å². The molecule has 126 valence electrons. The summed E-state index contributed by atoms with van der Waals surface area (Å²) >= 11 is 6.16. The minimum absolute atomic E-state index is 0.0164. The molecule has 0 bridgehead atoms. The van der Waals surface area contributed by atoms with Crippen molar-refractivity contribution in [1.82, 2.24) is 10.2 Å². The van der Waals surface area contributed by atoms with Crippen molar-refractivity contribution < 1.29 is 14.5 Å². The number of rotatable bonds is 4. The second-order valence-electron chi connectivity index (χ2n) is 5.58. The summed E-state index contributed by atoms with van der Waals surface area (Å²) in [6.07, 6.45) is 1.35. The molecule has 2 rings (SSSR count). The number of non-ortho nitro benzene ring substituents is 1. The van der Waals surface area contributed by atoms with Gasteiger partial charge in [-0.1, -0.05) is 11.6 Å². The average Bonchev–Trinajstić information content (AvgIpc) is 2.54. The molecule has 0 aromatic heterocycles. The van der Waals surface area contributed by atoms with Crippen LogP contribution in [0.1, 0.15) is 31.4 Å². The fourth-order valence-corrected chi connectivity index (χ4v) is 3.12. The highest BCUT2D eigenvalue weighted by Crippen LogP contribution is 2.28. The van der Waals surface area contributed by atoms with E-state index in [0.717, 1.165) is 18.4 Å². The highest BCUT2D eigenvalue weighted by molar-refractivity contribution is 6.31. The lowest BCUT2D eigenvalue weighted by Crippen LogP contribution is -2.45. The number of methoxy groups -OCH3 is 1. The van der Waals surface area contributed by atoms with Crippen molar-refractivity contribution in [1.29, 1.82) is 0 Å². The van der Waals surface area contributed by atoms with Crippen molar-refractivity contribution in [3.8, 4) is 0 Å². The van der Waals surface area contributed by atoms with Gasteiger partial charge in [0.1, 0.15) is 0 Å². The molecule has 8 heteroatoms. The number of amides is 1. The van der Waals surface area contributed by atoms with Crippen LogP contribution < -0.4 is 5.32 Å². The molecule has 23 heavy (non-hydrogen) atoms. The topological polar surface area (TPSA) is 84.7 Å². The summed E-state index contributed by atoms with van der Waals surface area (Å²) in [5.74, 6) is 0. The predicted octanol–water partition coefficient (Wildman–Crippen LogP) is 3.13. The fourth-order valence-electron chi connectivity index (χ4n) is 2.78. The number of halogens is 1.